The molecule has 0 fully saturated rings. The van der Waals surface area contributed by atoms with Gasteiger partial charge in [-0.25, -0.2) is 8.42 Å². The number of nitrogens with zero attached hydrogens (tertiary/aromatic N) is 1. The first-order chi connectivity index (χ1) is 9.51. The van der Waals surface area contributed by atoms with Crippen LogP contribution in [0.3, 0.4) is 0 Å². The van der Waals surface area contributed by atoms with Gasteiger partial charge in [0.25, 0.3) is 0 Å². The van der Waals surface area contributed by atoms with Crippen LogP contribution in [-0.2, 0) is 16.9 Å². The number of sulfone groups is 1. The number of rotatable bonds is 2. The molecule has 0 unspecified atom stereocenters. The quantitative estimate of drug-likeness (QED) is 0.724. The maximum Gasteiger partial charge on any atom is 0.207 e. The third kappa shape index (κ3) is 1.84. The van der Waals surface area contributed by atoms with Crippen molar-refractivity contribution in [2.45, 2.75) is 16.7 Å². The van der Waals surface area contributed by atoms with Gasteiger partial charge in [-0.2, -0.15) is 0 Å². The molecule has 0 saturated carbocycles. The summed E-state index contributed by atoms with van der Waals surface area (Å²) in [6.07, 6.45) is 0. The average Bonchev–Trinajstić information content (AvgIpc) is 2.75. The molecular formula is C16H15NO2S. The molecule has 20 heavy (non-hydrogen) atoms. The lowest BCUT2D eigenvalue weighted by molar-refractivity contribution is 0.597. The van der Waals surface area contributed by atoms with Crippen LogP contribution in [0.4, 0.5) is 0 Å². The lowest BCUT2D eigenvalue weighted by atomic mass is 10.2. The second kappa shape index (κ2) is 4.49. The highest BCUT2D eigenvalue weighted by molar-refractivity contribution is 7.91. The molecule has 3 aromatic rings. The Morgan fingerprint density at radius 2 is 1.65 bits per heavy atom. The fraction of sp³-hybridized carbons (Fsp3) is 0.125. The highest BCUT2D eigenvalue weighted by Gasteiger charge is 2.21. The van der Waals surface area contributed by atoms with Crippen molar-refractivity contribution in [1.82, 2.24) is 4.57 Å². The number of aryl methyl sites for hydroxylation is 2. The van der Waals surface area contributed by atoms with E-state index < -0.39 is 9.84 Å². The number of hydrogen-bond donors (Lipinski definition) is 0. The van der Waals surface area contributed by atoms with Crippen LogP contribution in [0.5, 0.6) is 0 Å². The van der Waals surface area contributed by atoms with Crippen LogP contribution in [0.25, 0.3) is 10.9 Å². The van der Waals surface area contributed by atoms with Gasteiger partial charge in [0.2, 0.25) is 9.84 Å². The van der Waals surface area contributed by atoms with Crippen molar-refractivity contribution in [3.05, 3.63) is 60.3 Å². The molecule has 1 aromatic heterocycles. The fourth-order valence-corrected chi connectivity index (χ4v) is 3.91. The van der Waals surface area contributed by atoms with E-state index in [2.05, 4.69) is 0 Å². The van der Waals surface area contributed by atoms with Crippen molar-refractivity contribution in [3.8, 4) is 0 Å². The summed E-state index contributed by atoms with van der Waals surface area (Å²) in [4.78, 5) is 0.693. The molecular weight excluding hydrogens is 270 g/mol. The van der Waals surface area contributed by atoms with Crippen LogP contribution in [-0.4, -0.2) is 13.0 Å². The molecule has 0 aliphatic rings. The van der Waals surface area contributed by atoms with Gasteiger partial charge in [-0.1, -0.05) is 24.3 Å². The molecule has 4 heteroatoms. The van der Waals surface area contributed by atoms with Crippen molar-refractivity contribution >= 4 is 20.7 Å². The smallest absolute Gasteiger partial charge is 0.207 e. The van der Waals surface area contributed by atoms with Crippen LogP contribution >= 0.6 is 0 Å². The Balaban J connectivity index is 2.33. The van der Waals surface area contributed by atoms with Gasteiger partial charge in [0.1, 0.15) is 0 Å². The summed E-state index contributed by atoms with van der Waals surface area (Å²) in [6.45, 7) is 1.97. The first-order valence-corrected chi connectivity index (χ1v) is 7.85. The number of fused-ring (bicyclic) bond motifs is 1. The van der Waals surface area contributed by atoms with Crippen LogP contribution in [0, 0.1) is 6.92 Å². The maximum absolute atomic E-state index is 12.8. The summed E-state index contributed by atoms with van der Waals surface area (Å²) in [5, 5.41) is 0.774. The van der Waals surface area contributed by atoms with Crippen LogP contribution < -0.4 is 0 Å². The maximum atomic E-state index is 12.8. The lowest BCUT2D eigenvalue weighted by Crippen LogP contribution is -2.02. The molecule has 0 aliphatic heterocycles. The molecule has 2 aromatic carbocycles. The normalized spacial score (nSPS) is 11.9. The van der Waals surface area contributed by atoms with E-state index in [1.165, 1.54) is 0 Å². The summed E-state index contributed by atoms with van der Waals surface area (Å²) in [6, 6.07) is 15.9. The van der Waals surface area contributed by atoms with Gasteiger partial charge in [0.05, 0.1) is 9.79 Å². The van der Waals surface area contributed by atoms with E-state index in [1.807, 2.05) is 36.7 Å². The van der Waals surface area contributed by atoms with Gasteiger partial charge in [-0.3, -0.25) is 0 Å². The number of hydrogen-bond acceptors (Lipinski definition) is 2. The Morgan fingerprint density at radius 1 is 0.950 bits per heavy atom. The molecule has 1 heterocycles. The van der Waals surface area contributed by atoms with Crippen LogP contribution in [0.15, 0.2) is 64.4 Å². The molecule has 0 saturated heterocycles. The molecule has 0 bridgehead atoms. The Kier molecular flexibility index (Phi) is 2.91. The lowest BCUT2D eigenvalue weighted by Gasteiger charge is -2.06. The van der Waals surface area contributed by atoms with E-state index in [0.29, 0.717) is 9.79 Å². The minimum atomic E-state index is -3.48. The van der Waals surface area contributed by atoms with Crippen molar-refractivity contribution in [3.63, 3.8) is 0 Å². The SMILES string of the molecule is Cc1cc2c(S(=O)(=O)c3ccccc3)cccc2n1C. The van der Waals surface area contributed by atoms with Crippen molar-refractivity contribution < 1.29 is 8.42 Å². The second-order valence-electron chi connectivity index (χ2n) is 4.85. The second-order valence-corrected chi connectivity index (χ2v) is 6.77. The Bertz CT molecular complexity index is 877. The first kappa shape index (κ1) is 12.9. The molecule has 0 N–H and O–H groups in total. The van der Waals surface area contributed by atoms with E-state index in [-0.39, 0.29) is 0 Å². The van der Waals surface area contributed by atoms with Crippen molar-refractivity contribution in [1.29, 1.82) is 0 Å². The van der Waals surface area contributed by atoms with E-state index >= 15 is 0 Å². The highest BCUT2D eigenvalue weighted by atomic mass is 32.2. The van der Waals surface area contributed by atoms with Gasteiger partial charge in [-0.05, 0) is 37.3 Å². The monoisotopic (exact) mass is 285 g/mol. The van der Waals surface area contributed by atoms with Gasteiger partial charge in [0, 0.05) is 23.6 Å². The predicted molar refractivity (Wildman–Crippen MR) is 79.5 cm³/mol. The molecule has 3 rings (SSSR count). The standard InChI is InChI=1S/C16H15NO2S/c1-12-11-14-15(17(12)2)9-6-10-16(14)20(18,19)13-7-4-3-5-8-13/h3-11H,1-2H3. The zero-order chi connectivity index (χ0) is 14.3. The molecule has 0 atom stereocenters. The molecule has 0 amide bonds. The van der Waals surface area contributed by atoms with E-state index in [1.54, 1.807) is 36.4 Å². The Morgan fingerprint density at radius 3 is 2.35 bits per heavy atom. The van der Waals surface area contributed by atoms with E-state index in [0.717, 1.165) is 16.6 Å². The van der Waals surface area contributed by atoms with Gasteiger partial charge in [0.15, 0.2) is 0 Å². The zero-order valence-corrected chi connectivity index (χ0v) is 12.2. The third-order valence-electron chi connectivity index (χ3n) is 3.63. The molecule has 0 spiro atoms. The Labute approximate surface area is 118 Å². The average molecular weight is 285 g/mol. The largest absolute Gasteiger partial charge is 0.348 e. The number of benzene rings is 2. The Hall–Kier alpha value is -2.07. The van der Waals surface area contributed by atoms with E-state index in [4.69, 9.17) is 0 Å². The topological polar surface area (TPSA) is 39.1 Å². The molecule has 102 valence electrons. The summed E-state index contributed by atoms with van der Waals surface area (Å²) in [5.41, 5.74) is 1.97. The predicted octanol–water partition coefficient (Wildman–Crippen LogP) is 3.32. The third-order valence-corrected chi connectivity index (χ3v) is 5.46. The summed E-state index contributed by atoms with van der Waals surface area (Å²) >= 11 is 0. The minimum absolute atomic E-state index is 0.328. The zero-order valence-electron chi connectivity index (χ0n) is 11.4. The van der Waals surface area contributed by atoms with Gasteiger partial charge < -0.3 is 4.57 Å². The first-order valence-electron chi connectivity index (χ1n) is 6.37. The highest BCUT2D eigenvalue weighted by Crippen LogP contribution is 2.29. The molecule has 0 radical (unpaired) electrons. The van der Waals surface area contributed by atoms with Crippen molar-refractivity contribution in [2.24, 2.45) is 7.05 Å². The fourth-order valence-electron chi connectivity index (χ4n) is 2.43. The molecule has 3 nitrogen and oxygen atoms in total. The molecule has 0 aliphatic carbocycles. The van der Waals surface area contributed by atoms with Crippen LogP contribution in [0.2, 0.25) is 0 Å². The minimum Gasteiger partial charge on any atom is -0.348 e. The van der Waals surface area contributed by atoms with Crippen molar-refractivity contribution in [2.75, 3.05) is 0 Å². The summed E-state index contributed by atoms with van der Waals surface area (Å²) < 4.78 is 27.5. The van der Waals surface area contributed by atoms with Gasteiger partial charge in [-0.15, -0.1) is 0 Å². The van der Waals surface area contributed by atoms with Gasteiger partial charge >= 0.3 is 0 Å². The van der Waals surface area contributed by atoms with Crippen LogP contribution in [0.1, 0.15) is 5.69 Å². The number of aromatic nitrogens is 1. The summed E-state index contributed by atoms with van der Waals surface area (Å²) in [7, 11) is -1.54. The van der Waals surface area contributed by atoms with E-state index in [9.17, 15) is 8.42 Å². The summed E-state index contributed by atoms with van der Waals surface area (Å²) in [5.74, 6) is 0.